The number of hydrogen-bond donors (Lipinski definition) is 1. The molecule has 0 atom stereocenters. The van der Waals surface area contributed by atoms with Crippen molar-refractivity contribution in [2.24, 2.45) is 0 Å². The second-order valence-corrected chi connectivity index (χ2v) is 4.88. The van der Waals surface area contributed by atoms with Gasteiger partial charge >= 0.3 is 0 Å². The van der Waals surface area contributed by atoms with Gasteiger partial charge in [-0.15, -0.1) is 0 Å². The van der Waals surface area contributed by atoms with Crippen molar-refractivity contribution in [3.05, 3.63) is 34.3 Å². The number of H-pyrrole nitrogens is 1. The van der Waals surface area contributed by atoms with Crippen molar-refractivity contribution in [3.63, 3.8) is 0 Å². The summed E-state index contributed by atoms with van der Waals surface area (Å²) in [5.41, 5.74) is -0.318. The number of nitriles is 2. The molecule has 2 aromatic rings. The smallest absolute Gasteiger partial charge is 0.270 e. The standard InChI is InChI=1S/C13H10N4O2S/c14-5-1-2-7-20-13-16-11(10-4-3-6-19-10)9(8-15)12(18)17-13/h3-4,6H,1-2,7H2,(H,16,17,18). The van der Waals surface area contributed by atoms with Gasteiger partial charge in [0, 0.05) is 12.2 Å². The number of unbranched alkanes of at least 4 members (excludes halogenated alkanes) is 1. The van der Waals surface area contributed by atoms with Gasteiger partial charge in [-0.25, -0.2) is 4.98 Å². The summed E-state index contributed by atoms with van der Waals surface area (Å²) in [4.78, 5) is 18.7. The molecular weight excluding hydrogens is 276 g/mol. The first-order valence-electron chi connectivity index (χ1n) is 5.84. The molecule has 2 heterocycles. The van der Waals surface area contributed by atoms with E-state index in [1.165, 1.54) is 18.0 Å². The van der Waals surface area contributed by atoms with E-state index in [2.05, 4.69) is 16.0 Å². The minimum Gasteiger partial charge on any atom is -0.463 e. The van der Waals surface area contributed by atoms with Crippen LogP contribution in [0, 0.1) is 22.7 Å². The van der Waals surface area contributed by atoms with Crippen molar-refractivity contribution in [2.75, 3.05) is 5.75 Å². The molecule has 2 aromatic heterocycles. The second-order valence-electron chi connectivity index (χ2n) is 3.79. The fraction of sp³-hybridized carbons (Fsp3) is 0.231. The number of aromatic nitrogens is 2. The Hall–Kier alpha value is -2.51. The van der Waals surface area contributed by atoms with Gasteiger partial charge in [-0.2, -0.15) is 10.5 Å². The molecule has 0 fully saturated rings. The fourth-order valence-corrected chi connectivity index (χ4v) is 2.34. The van der Waals surface area contributed by atoms with Crippen LogP contribution in [0.2, 0.25) is 0 Å². The van der Waals surface area contributed by atoms with Gasteiger partial charge in [0.1, 0.15) is 17.3 Å². The summed E-state index contributed by atoms with van der Waals surface area (Å²) >= 11 is 1.34. The highest BCUT2D eigenvalue weighted by Gasteiger charge is 2.15. The molecule has 0 aliphatic carbocycles. The topological polar surface area (TPSA) is 106 Å². The quantitative estimate of drug-likeness (QED) is 0.513. The van der Waals surface area contributed by atoms with Crippen LogP contribution in [0.5, 0.6) is 0 Å². The molecule has 0 unspecified atom stereocenters. The van der Waals surface area contributed by atoms with Crippen LogP contribution in [0.3, 0.4) is 0 Å². The molecule has 2 rings (SSSR count). The number of nitrogens with zero attached hydrogens (tertiary/aromatic N) is 3. The number of furan rings is 1. The van der Waals surface area contributed by atoms with E-state index in [0.29, 0.717) is 29.5 Å². The average molecular weight is 286 g/mol. The van der Waals surface area contributed by atoms with Crippen LogP contribution in [0.4, 0.5) is 0 Å². The van der Waals surface area contributed by atoms with E-state index in [1.54, 1.807) is 12.1 Å². The van der Waals surface area contributed by atoms with Gasteiger partial charge in [-0.05, 0) is 18.6 Å². The van der Waals surface area contributed by atoms with Crippen LogP contribution in [-0.2, 0) is 0 Å². The maximum Gasteiger partial charge on any atom is 0.270 e. The number of hydrogen-bond acceptors (Lipinski definition) is 6. The summed E-state index contributed by atoms with van der Waals surface area (Å²) in [6.07, 6.45) is 2.62. The van der Waals surface area contributed by atoms with Crippen molar-refractivity contribution < 1.29 is 4.42 Å². The molecular formula is C13H10N4O2S. The summed E-state index contributed by atoms with van der Waals surface area (Å²) in [7, 11) is 0. The van der Waals surface area contributed by atoms with Gasteiger partial charge in [0.25, 0.3) is 5.56 Å². The van der Waals surface area contributed by atoms with Crippen molar-refractivity contribution in [2.45, 2.75) is 18.0 Å². The van der Waals surface area contributed by atoms with Gasteiger partial charge in [0.2, 0.25) is 0 Å². The molecule has 0 aromatic carbocycles. The summed E-state index contributed by atoms with van der Waals surface area (Å²) in [5, 5.41) is 17.9. The molecule has 20 heavy (non-hydrogen) atoms. The molecule has 0 amide bonds. The molecule has 0 saturated heterocycles. The van der Waals surface area contributed by atoms with E-state index >= 15 is 0 Å². The highest BCUT2D eigenvalue weighted by molar-refractivity contribution is 7.99. The van der Waals surface area contributed by atoms with Crippen LogP contribution in [0.25, 0.3) is 11.5 Å². The van der Waals surface area contributed by atoms with Crippen LogP contribution < -0.4 is 5.56 Å². The van der Waals surface area contributed by atoms with E-state index in [0.717, 1.165) is 0 Å². The number of rotatable bonds is 5. The van der Waals surface area contributed by atoms with Gasteiger partial charge in [-0.1, -0.05) is 11.8 Å². The van der Waals surface area contributed by atoms with Crippen molar-refractivity contribution >= 4 is 11.8 Å². The van der Waals surface area contributed by atoms with Crippen LogP contribution in [-0.4, -0.2) is 15.7 Å². The number of aromatic amines is 1. The average Bonchev–Trinajstić information content (AvgIpc) is 2.97. The summed E-state index contributed by atoms with van der Waals surface area (Å²) < 4.78 is 5.20. The molecule has 0 saturated carbocycles. The SMILES string of the molecule is N#CCCCSc1nc(-c2ccco2)c(C#N)c(=O)[nH]1. The lowest BCUT2D eigenvalue weighted by molar-refractivity contribution is 0.578. The Labute approximate surface area is 119 Å². The Morgan fingerprint density at radius 3 is 2.95 bits per heavy atom. The van der Waals surface area contributed by atoms with Gasteiger partial charge in [-0.3, -0.25) is 4.79 Å². The monoisotopic (exact) mass is 286 g/mol. The summed E-state index contributed by atoms with van der Waals surface area (Å²) in [6.45, 7) is 0. The van der Waals surface area contributed by atoms with E-state index in [4.69, 9.17) is 14.9 Å². The Balaban J connectivity index is 2.31. The minimum absolute atomic E-state index is 0.0682. The van der Waals surface area contributed by atoms with Gasteiger partial charge in [0.15, 0.2) is 10.9 Å². The predicted octanol–water partition coefficient (Wildman–Crippen LogP) is 2.30. The first-order chi connectivity index (χ1) is 9.76. The Bertz CT molecular complexity index is 722. The largest absolute Gasteiger partial charge is 0.463 e. The molecule has 0 aliphatic rings. The first kappa shape index (κ1) is 13.9. The second kappa shape index (κ2) is 6.60. The zero-order valence-corrected chi connectivity index (χ0v) is 11.2. The molecule has 0 spiro atoms. The number of thioether (sulfide) groups is 1. The first-order valence-corrected chi connectivity index (χ1v) is 6.83. The lowest BCUT2D eigenvalue weighted by Crippen LogP contribution is -2.14. The number of nitrogens with one attached hydrogen (secondary N) is 1. The lowest BCUT2D eigenvalue weighted by Gasteiger charge is -2.03. The predicted molar refractivity (Wildman–Crippen MR) is 72.8 cm³/mol. The third kappa shape index (κ3) is 3.08. The van der Waals surface area contributed by atoms with Crippen molar-refractivity contribution in [3.8, 4) is 23.6 Å². The van der Waals surface area contributed by atoms with Crippen molar-refractivity contribution in [1.29, 1.82) is 10.5 Å². The maximum absolute atomic E-state index is 11.9. The highest BCUT2D eigenvalue weighted by atomic mass is 32.2. The Kier molecular flexibility index (Phi) is 4.59. The van der Waals surface area contributed by atoms with E-state index in [-0.39, 0.29) is 11.3 Å². The Morgan fingerprint density at radius 2 is 2.30 bits per heavy atom. The molecule has 100 valence electrons. The summed E-state index contributed by atoms with van der Waals surface area (Å²) in [5.74, 6) is 1.05. The fourth-order valence-electron chi connectivity index (χ4n) is 1.54. The Morgan fingerprint density at radius 1 is 1.45 bits per heavy atom. The van der Waals surface area contributed by atoms with E-state index in [9.17, 15) is 4.79 Å². The van der Waals surface area contributed by atoms with Gasteiger partial charge < -0.3 is 9.40 Å². The molecule has 0 bridgehead atoms. The third-order valence-electron chi connectivity index (χ3n) is 2.44. The van der Waals surface area contributed by atoms with Crippen molar-refractivity contribution in [1.82, 2.24) is 9.97 Å². The van der Waals surface area contributed by atoms with E-state index in [1.807, 2.05) is 6.07 Å². The maximum atomic E-state index is 11.9. The molecule has 1 N–H and O–H groups in total. The summed E-state index contributed by atoms with van der Waals surface area (Å²) in [6, 6.07) is 7.20. The molecule has 7 heteroatoms. The minimum atomic E-state index is -0.489. The highest BCUT2D eigenvalue weighted by Crippen LogP contribution is 2.22. The zero-order valence-electron chi connectivity index (χ0n) is 10.4. The van der Waals surface area contributed by atoms with Crippen LogP contribution >= 0.6 is 11.8 Å². The lowest BCUT2D eigenvalue weighted by atomic mass is 10.2. The van der Waals surface area contributed by atoms with Crippen LogP contribution in [0.15, 0.2) is 32.8 Å². The van der Waals surface area contributed by atoms with Crippen LogP contribution in [0.1, 0.15) is 18.4 Å². The third-order valence-corrected chi connectivity index (χ3v) is 3.40. The van der Waals surface area contributed by atoms with Gasteiger partial charge in [0.05, 0.1) is 12.3 Å². The zero-order chi connectivity index (χ0) is 14.4. The normalized spacial score (nSPS) is 9.90. The molecule has 0 aliphatic heterocycles. The van der Waals surface area contributed by atoms with E-state index < -0.39 is 5.56 Å². The molecule has 6 nitrogen and oxygen atoms in total. The molecule has 0 radical (unpaired) electrons.